The number of aromatic hydroxyl groups is 2. The molecule has 5 rings (SSSR count). The number of nitrogens with two attached hydrogens (primary N) is 1. The van der Waals surface area contributed by atoms with Crippen LogP contribution in [-0.2, 0) is 24.0 Å². The van der Waals surface area contributed by atoms with E-state index in [9.17, 15) is 49.2 Å². The van der Waals surface area contributed by atoms with Crippen LogP contribution in [0.25, 0.3) is 0 Å². The van der Waals surface area contributed by atoms with E-state index in [2.05, 4.69) is 31.4 Å². The first-order chi connectivity index (χ1) is 21.5. The molecule has 4 amide bonds. The van der Waals surface area contributed by atoms with E-state index < -0.39 is 88.0 Å². The van der Waals surface area contributed by atoms with Crippen LogP contribution in [-0.4, -0.2) is 106 Å². The van der Waals surface area contributed by atoms with Gasteiger partial charge in [-0.3, -0.25) is 29.0 Å². The number of anilines is 1. The number of carboxylic acid groups (broad SMARTS) is 2. The topological polar surface area (TPSA) is 272 Å². The fourth-order valence-corrected chi connectivity index (χ4v) is 6.72. The molecule has 0 radical (unpaired) electrons. The normalized spacial score (nSPS) is 19.5. The SMILES string of the molecule is CC(C)(O/N=C(\C(=O)NC1C(=O)N2C(OC(=O)O)=C(CN3C(=O)c4cc(Br)c(O)c(O)c4C3=O)CS[C@@H]12)c1csc(N)n1)C(=O)O. The van der Waals surface area contributed by atoms with Crippen LogP contribution in [0.2, 0.25) is 0 Å². The third kappa shape index (κ3) is 5.56. The van der Waals surface area contributed by atoms with Crippen molar-refractivity contribution < 1.29 is 58.8 Å². The van der Waals surface area contributed by atoms with Gasteiger partial charge in [-0.25, -0.2) is 14.6 Å². The second-order valence-corrected chi connectivity index (χ2v) is 13.1. The number of thioether (sulfide) groups is 1. The number of nitrogen functional groups attached to an aromatic ring is 1. The third-order valence-corrected chi connectivity index (χ3v) is 9.45. The number of nitrogens with zero attached hydrogens (tertiary/aromatic N) is 4. The largest absolute Gasteiger partial charge is 0.512 e. The van der Waals surface area contributed by atoms with Gasteiger partial charge in [-0.05, 0) is 35.8 Å². The molecule has 0 bridgehead atoms. The average molecular weight is 742 g/mol. The number of phenolic OH excluding ortho intramolecular Hbond substituents is 2. The zero-order chi connectivity index (χ0) is 33.8. The summed E-state index contributed by atoms with van der Waals surface area (Å²) in [6.45, 7) is 1.85. The van der Waals surface area contributed by atoms with Crippen molar-refractivity contribution in [3.8, 4) is 11.5 Å². The van der Waals surface area contributed by atoms with Gasteiger partial charge in [0.25, 0.3) is 23.6 Å². The number of thiazole rings is 1. The van der Waals surface area contributed by atoms with Crippen LogP contribution < -0.4 is 11.1 Å². The highest BCUT2D eigenvalue weighted by atomic mass is 79.9. The molecule has 2 atom stereocenters. The number of imide groups is 1. The number of carbonyl (C=O) groups is 6. The molecule has 46 heavy (non-hydrogen) atoms. The van der Waals surface area contributed by atoms with Gasteiger partial charge in [-0.2, -0.15) is 0 Å². The van der Waals surface area contributed by atoms with Crippen LogP contribution in [0.4, 0.5) is 9.93 Å². The van der Waals surface area contributed by atoms with Crippen molar-refractivity contribution in [3.63, 3.8) is 0 Å². The van der Waals surface area contributed by atoms with Gasteiger partial charge in [-0.15, -0.1) is 23.1 Å². The van der Waals surface area contributed by atoms with Gasteiger partial charge in [0.1, 0.15) is 17.1 Å². The molecule has 1 fully saturated rings. The Kier molecular flexibility index (Phi) is 8.34. The average Bonchev–Trinajstić information content (AvgIpc) is 3.50. The third-order valence-electron chi connectivity index (χ3n) is 6.83. The van der Waals surface area contributed by atoms with Crippen LogP contribution in [0, 0.1) is 0 Å². The molecule has 1 saturated heterocycles. The number of halogens is 1. The van der Waals surface area contributed by atoms with E-state index in [4.69, 9.17) is 15.3 Å². The first-order valence-electron chi connectivity index (χ1n) is 12.7. The summed E-state index contributed by atoms with van der Waals surface area (Å²) in [4.78, 5) is 86.4. The number of hydrogen-bond acceptors (Lipinski definition) is 15. The number of hydrogen-bond donors (Lipinski definition) is 6. The highest BCUT2D eigenvalue weighted by Gasteiger charge is 2.55. The number of amides is 4. The molecule has 0 spiro atoms. The Balaban J connectivity index is 1.39. The standard InChI is InChI=1S/C25H21BrN6O12S2/c1-25(2,22(39)40)44-30-12(10-6-46-23(27)28-10)16(35)29-13-19(38)32-20(43-24(41)42)7(5-45-21(13)32)4-31-17(36)8-3-9(26)14(33)15(34)11(8)18(31)37/h3,6,13,21,33-34H,4-5H2,1-2H3,(H2,27,28)(H,29,35)(H,39,40)(H,41,42)/b30-12-/t13?,21-/m0/s1. The zero-order valence-electron chi connectivity index (χ0n) is 23.3. The maximum atomic E-state index is 13.3. The molecule has 18 nitrogen and oxygen atoms in total. The van der Waals surface area contributed by atoms with Gasteiger partial charge in [0.05, 0.1) is 22.1 Å². The Labute approximate surface area is 273 Å². The molecule has 7 N–H and O–H groups in total. The van der Waals surface area contributed by atoms with Gasteiger partial charge in [-0.1, -0.05) is 5.16 Å². The molecule has 1 unspecified atom stereocenters. The summed E-state index contributed by atoms with van der Waals surface area (Å²) in [7, 11) is 0. The smallest absolute Gasteiger partial charge is 0.504 e. The van der Waals surface area contributed by atoms with E-state index >= 15 is 0 Å². The second-order valence-electron chi connectivity index (χ2n) is 10.2. The number of aromatic nitrogens is 1. The van der Waals surface area contributed by atoms with Crippen LogP contribution in [0.3, 0.4) is 0 Å². The predicted molar refractivity (Wildman–Crippen MR) is 160 cm³/mol. The highest BCUT2D eigenvalue weighted by Crippen LogP contribution is 2.44. The molecule has 3 aliphatic heterocycles. The number of fused-ring (bicyclic) bond motifs is 2. The predicted octanol–water partition coefficient (Wildman–Crippen LogP) is 1.09. The van der Waals surface area contributed by atoms with Crippen LogP contribution >= 0.6 is 39.0 Å². The van der Waals surface area contributed by atoms with E-state index in [0.717, 1.165) is 34.1 Å². The lowest BCUT2D eigenvalue weighted by molar-refractivity contribution is -0.161. The number of benzene rings is 1. The first kappa shape index (κ1) is 32.5. The minimum atomic E-state index is -1.84. The van der Waals surface area contributed by atoms with E-state index in [1.807, 2.05) is 0 Å². The molecule has 1 aromatic carbocycles. The number of ether oxygens (including phenoxy) is 1. The van der Waals surface area contributed by atoms with Crippen molar-refractivity contribution in [1.82, 2.24) is 20.1 Å². The number of rotatable bonds is 9. The van der Waals surface area contributed by atoms with Crippen molar-refractivity contribution >= 4 is 85.6 Å². The van der Waals surface area contributed by atoms with Gasteiger partial charge in [0.15, 0.2) is 22.3 Å². The minimum Gasteiger partial charge on any atom is -0.504 e. The Morgan fingerprint density at radius 2 is 1.89 bits per heavy atom. The zero-order valence-corrected chi connectivity index (χ0v) is 26.6. The number of phenols is 2. The fraction of sp³-hybridized carbons (Fsp3) is 0.280. The summed E-state index contributed by atoms with van der Waals surface area (Å²) in [5.41, 5.74) is 2.65. The molecular formula is C25H21BrN6O12S2. The van der Waals surface area contributed by atoms with Crippen molar-refractivity contribution in [2.24, 2.45) is 5.16 Å². The maximum Gasteiger partial charge on any atom is 0.512 e. The molecule has 2 aromatic rings. The molecule has 0 saturated carbocycles. The van der Waals surface area contributed by atoms with Gasteiger partial charge in [0, 0.05) is 16.7 Å². The fourth-order valence-electron chi connectivity index (χ4n) is 4.45. The van der Waals surface area contributed by atoms with Crippen LogP contribution in [0.1, 0.15) is 40.3 Å². The first-order valence-corrected chi connectivity index (χ1v) is 15.5. The number of oxime groups is 1. The second kappa shape index (κ2) is 11.8. The van der Waals surface area contributed by atoms with Crippen molar-refractivity contribution in [3.05, 3.63) is 44.2 Å². The molecule has 3 aliphatic rings. The Morgan fingerprint density at radius 3 is 2.50 bits per heavy atom. The monoisotopic (exact) mass is 740 g/mol. The van der Waals surface area contributed by atoms with Gasteiger partial charge < -0.3 is 41.1 Å². The highest BCUT2D eigenvalue weighted by molar-refractivity contribution is 9.10. The van der Waals surface area contributed by atoms with E-state index in [1.165, 1.54) is 19.2 Å². The molecule has 0 aliphatic carbocycles. The van der Waals surface area contributed by atoms with Crippen molar-refractivity contribution in [2.75, 3.05) is 18.0 Å². The van der Waals surface area contributed by atoms with E-state index in [1.54, 1.807) is 0 Å². The number of nitrogens with one attached hydrogen (secondary N) is 1. The molecule has 242 valence electrons. The molecule has 1 aromatic heterocycles. The van der Waals surface area contributed by atoms with Gasteiger partial charge >= 0.3 is 12.1 Å². The minimum absolute atomic E-state index is 0.0418. The lowest BCUT2D eigenvalue weighted by atomic mass is 10.1. The van der Waals surface area contributed by atoms with Crippen LogP contribution in [0.15, 0.2) is 32.5 Å². The molecular weight excluding hydrogens is 720 g/mol. The summed E-state index contributed by atoms with van der Waals surface area (Å²) in [6.07, 6.45) is -1.80. The lowest BCUT2D eigenvalue weighted by Crippen LogP contribution is -2.70. The number of aliphatic carboxylic acids is 1. The summed E-state index contributed by atoms with van der Waals surface area (Å²) >= 11 is 5.00. The Morgan fingerprint density at radius 1 is 1.20 bits per heavy atom. The summed E-state index contributed by atoms with van der Waals surface area (Å²) < 4.78 is 4.86. The number of carbonyl (C=O) groups excluding carboxylic acids is 4. The number of β-lactam (4-membered cyclic amide) rings is 1. The quantitative estimate of drug-likeness (QED) is 0.0524. The van der Waals surface area contributed by atoms with Crippen LogP contribution in [0.5, 0.6) is 11.5 Å². The molecule has 21 heteroatoms. The number of carboxylic acids is 1. The van der Waals surface area contributed by atoms with Gasteiger partial charge in [0.2, 0.25) is 11.5 Å². The maximum absolute atomic E-state index is 13.3. The summed E-state index contributed by atoms with van der Waals surface area (Å²) in [5.74, 6) is -7.05. The molecule has 4 heterocycles. The lowest BCUT2D eigenvalue weighted by Gasteiger charge is -2.49. The van der Waals surface area contributed by atoms with Crippen molar-refractivity contribution in [1.29, 1.82) is 0 Å². The summed E-state index contributed by atoms with van der Waals surface area (Å²) in [5, 5.41) is 45.7. The Bertz CT molecular complexity index is 1810. The Hall–Kier alpha value is -4.89. The summed E-state index contributed by atoms with van der Waals surface area (Å²) in [6, 6.07) is -0.103. The van der Waals surface area contributed by atoms with E-state index in [0.29, 0.717) is 4.90 Å². The van der Waals surface area contributed by atoms with E-state index in [-0.39, 0.29) is 32.2 Å². The van der Waals surface area contributed by atoms with Crippen molar-refractivity contribution in [2.45, 2.75) is 30.9 Å².